The number of hydrogen-bond donors (Lipinski definition) is 2. The number of halogens is 1. The molecule has 0 aliphatic heterocycles. The summed E-state index contributed by atoms with van der Waals surface area (Å²) in [7, 11) is 0. The van der Waals surface area contributed by atoms with Gasteiger partial charge in [0.05, 0.1) is 30.1 Å². The van der Waals surface area contributed by atoms with Crippen LogP contribution in [-0.4, -0.2) is 30.8 Å². The molecule has 5 aromatic rings. The summed E-state index contributed by atoms with van der Waals surface area (Å²) in [4.78, 5) is 17.9. The van der Waals surface area contributed by atoms with Crippen LogP contribution in [0.5, 0.6) is 0 Å². The minimum atomic E-state index is -0.323. The Labute approximate surface area is 217 Å². The molecule has 0 aliphatic rings. The molecule has 0 atom stereocenters. The summed E-state index contributed by atoms with van der Waals surface area (Å²) in [6.07, 6.45) is 3.76. The molecule has 9 heteroatoms. The number of aromatic nitrogens is 3. The third-order valence-electron chi connectivity index (χ3n) is 6.27. The van der Waals surface area contributed by atoms with E-state index in [4.69, 9.17) is 4.98 Å². The number of carbonyl (C=O) groups is 1. The summed E-state index contributed by atoms with van der Waals surface area (Å²) in [5, 5.41) is 17.4. The molecular weight excluding hydrogens is 489 g/mol. The maximum absolute atomic E-state index is 13.2. The fourth-order valence-corrected chi connectivity index (χ4v) is 5.07. The van der Waals surface area contributed by atoms with Crippen LogP contribution in [0.15, 0.2) is 77.5 Å². The summed E-state index contributed by atoms with van der Waals surface area (Å²) >= 11 is 1.54. The van der Waals surface area contributed by atoms with Gasteiger partial charge < -0.3 is 14.2 Å². The monoisotopic (exact) mass is 515 g/mol. The largest absolute Gasteiger partial charge is 0.390 e. The summed E-state index contributed by atoms with van der Waals surface area (Å²) in [6, 6.07) is 15.8. The molecule has 5 rings (SSSR count). The highest BCUT2D eigenvalue weighted by Gasteiger charge is 2.17. The molecule has 0 aliphatic carbocycles. The Morgan fingerprint density at radius 1 is 1.16 bits per heavy atom. The Balaban J connectivity index is 1.42. The fraction of sp³-hybridized carbons (Fsp3) is 0.179. The van der Waals surface area contributed by atoms with Gasteiger partial charge in [-0.05, 0) is 61.9 Å². The number of carbonyl (C=O) groups excluding carboxylic acids is 1. The SMILES string of the molecule is CCn1cc(C(=O)NN=C(C)c2ccc(F)cc2)c2cc(-c3nc(Cn4cccc4CO)cs3)ccc21. The van der Waals surface area contributed by atoms with E-state index in [9.17, 15) is 14.3 Å². The number of thiazole rings is 1. The first-order chi connectivity index (χ1) is 18.0. The Morgan fingerprint density at radius 3 is 2.73 bits per heavy atom. The zero-order chi connectivity index (χ0) is 25.9. The van der Waals surface area contributed by atoms with Crippen LogP contribution in [0.2, 0.25) is 0 Å². The van der Waals surface area contributed by atoms with Gasteiger partial charge in [0.25, 0.3) is 5.91 Å². The predicted octanol–water partition coefficient (Wildman–Crippen LogP) is 5.42. The molecule has 37 heavy (non-hydrogen) atoms. The zero-order valence-electron chi connectivity index (χ0n) is 20.5. The highest BCUT2D eigenvalue weighted by molar-refractivity contribution is 7.13. The molecule has 0 fully saturated rings. The van der Waals surface area contributed by atoms with E-state index in [0.29, 0.717) is 24.4 Å². The number of nitrogens with zero attached hydrogens (tertiary/aromatic N) is 4. The van der Waals surface area contributed by atoms with Crippen molar-refractivity contribution in [3.8, 4) is 10.6 Å². The molecule has 2 aromatic carbocycles. The number of hydrogen-bond acceptors (Lipinski definition) is 5. The highest BCUT2D eigenvalue weighted by atomic mass is 32.1. The van der Waals surface area contributed by atoms with E-state index in [1.165, 1.54) is 12.1 Å². The molecule has 0 bridgehead atoms. The van der Waals surface area contributed by atoms with Gasteiger partial charge in [-0.2, -0.15) is 5.10 Å². The van der Waals surface area contributed by atoms with Crippen molar-refractivity contribution in [3.63, 3.8) is 0 Å². The van der Waals surface area contributed by atoms with Crippen molar-refractivity contribution in [1.29, 1.82) is 0 Å². The second-order valence-electron chi connectivity index (χ2n) is 8.64. The second-order valence-corrected chi connectivity index (χ2v) is 9.49. The molecule has 0 saturated carbocycles. The molecule has 0 unspecified atom stereocenters. The van der Waals surface area contributed by atoms with Crippen molar-refractivity contribution in [1.82, 2.24) is 19.5 Å². The Hall–Kier alpha value is -4.08. The molecule has 1 amide bonds. The van der Waals surface area contributed by atoms with E-state index in [-0.39, 0.29) is 18.3 Å². The molecule has 3 heterocycles. The van der Waals surface area contributed by atoms with Crippen LogP contribution in [-0.2, 0) is 19.7 Å². The van der Waals surface area contributed by atoms with Crippen LogP contribution >= 0.6 is 11.3 Å². The van der Waals surface area contributed by atoms with Gasteiger partial charge in [-0.3, -0.25) is 4.79 Å². The van der Waals surface area contributed by atoms with Crippen LogP contribution in [0, 0.1) is 5.82 Å². The van der Waals surface area contributed by atoms with Gasteiger partial charge in [-0.15, -0.1) is 11.3 Å². The van der Waals surface area contributed by atoms with E-state index in [1.807, 2.05) is 64.2 Å². The van der Waals surface area contributed by atoms with Crippen molar-refractivity contribution < 1.29 is 14.3 Å². The number of rotatable bonds is 8. The van der Waals surface area contributed by atoms with Gasteiger partial charge in [0.1, 0.15) is 10.8 Å². The first-order valence-corrected chi connectivity index (χ1v) is 12.8. The van der Waals surface area contributed by atoms with Crippen LogP contribution in [0.4, 0.5) is 4.39 Å². The standard InChI is InChI=1S/C28H26FN5O2S/c1-3-33-15-25(27(36)32-31-18(2)19-6-9-21(29)10-7-19)24-13-20(8-11-26(24)33)28-30-22(17-37-28)14-34-12-4-5-23(34)16-35/h4-13,15,17,35H,3,14,16H2,1-2H3,(H,32,36). The van der Waals surface area contributed by atoms with Crippen molar-refractivity contribution in [2.45, 2.75) is 33.5 Å². The van der Waals surface area contributed by atoms with Crippen LogP contribution in [0.1, 0.15) is 41.2 Å². The lowest BCUT2D eigenvalue weighted by atomic mass is 10.1. The van der Waals surface area contributed by atoms with Crippen LogP contribution in [0.3, 0.4) is 0 Å². The van der Waals surface area contributed by atoms with E-state index in [2.05, 4.69) is 10.5 Å². The van der Waals surface area contributed by atoms with Crippen molar-refractivity contribution in [2.75, 3.05) is 0 Å². The predicted molar refractivity (Wildman–Crippen MR) is 144 cm³/mol. The van der Waals surface area contributed by atoms with E-state index < -0.39 is 0 Å². The first kappa shape index (κ1) is 24.6. The van der Waals surface area contributed by atoms with E-state index in [1.54, 1.807) is 30.4 Å². The highest BCUT2D eigenvalue weighted by Crippen LogP contribution is 2.30. The van der Waals surface area contributed by atoms with Gasteiger partial charge in [-0.25, -0.2) is 14.8 Å². The molecule has 188 valence electrons. The molecule has 0 spiro atoms. The average Bonchev–Trinajstić information content (AvgIpc) is 3.66. The summed E-state index contributed by atoms with van der Waals surface area (Å²) in [6.45, 7) is 5.06. The molecular formula is C28H26FN5O2S. The van der Waals surface area contributed by atoms with E-state index in [0.717, 1.165) is 38.4 Å². The summed E-state index contributed by atoms with van der Waals surface area (Å²) < 4.78 is 17.2. The van der Waals surface area contributed by atoms with Gasteiger partial charge in [0, 0.05) is 46.5 Å². The maximum Gasteiger partial charge on any atom is 0.273 e. The minimum absolute atomic E-state index is 0.0204. The van der Waals surface area contributed by atoms with Gasteiger partial charge in [0.15, 0.2) is 0 Å². The Kier molecular flexibility index (Phi) is 6.98. The van der Waals surface area contributed by atoms with Crippen molar-refractivity contribution in [2.24, 2.45) is 5.10 Å². The van der Waals surface area contributed by atoms with Gasteiger partial charge in [-0.1, -0.05) is 12.1 Å². The normalized spacial score (nSPS) is 11.8. The lowest BCUT2D eigenvalue weighted by Gasteiger charge is -2.05. The number of aliphatic hydroxyl groups is 1. The maximum atomic E-state index is 13.2. The van der Waals surface area contributed by atoms with Gasteiger partial charge in [0.2, 0.25) is 0 Å². The number of fused-ring (bicyclic) bond motifs is 1. The molecule has 0 saturated heterocycles. The summed E-state index contributed by atoms with van der Waals surface area (Å²) in [5.74, 6) is -0.643. The number of aliphatic hydroxyl groups excluding tert-OH is 1. The molecule has 3 aromatic heterocycles. The Bertz CT molecular complexity index is 1600. The molecule has 7 nitrogen and oxygen atoms in total. The number of nitrogens with one attached hydrogen (secondary N) is 1. The molecule has 2 N–H and O–H groups in total. The number of aryl methyl sites for hydroxylation is 1. The number of amides is 1. The molecule has 0 radical (unpaired) electrons. The van der Waals surface area contributed by atoms with Gasteiger partial charge >= 0.3 is 0 Å². The number of hydrazone groups is 1. The Morgan fingerprint density at radius 2 is 1.97 bits per heavy atom. The third kappa shape index (κ3) is 5.09. The minimum Gasteiger partial charge on any atom is -0.390 e. The zero-order valence-corrected chi connectivity index (χ0v) is 21.3. The lowest BCUT2D eigenvalue weighted by molar-refractivity contribution is 0.0956. The van der Waals surface area contributed by atoms with Crippen molar-refractivity contribution >= 4 is 33.9 Å². The summed E-state index contributed by atoms with van der Waals surface area (Å²) in [5.41, 5.74) is 8.09. The van der Waals surface area contributed by atoms with E-state index >= 15 is 0 Å². The first-order valence-electron chi connectivity index (χ1n) is 11.9. The second kappa shape index (κ2) is 10.5. The lowest BCUT2D eigenvalue weighted by Crippen LogP contribution is -2.19. The quantitative estimate of drug-likeness (QED) is 0.214. The fourth-order valence-electron chi connectivity index (χ4n) is 4.26. The number of benzene rings is 2. The average molecular weight is 516 g/mol. The van der Waals surface area contributed by atoms with Crippen LogP contribution in [0.25, 0.3) is 21.5 Å². The van der Waals surface area contributed by atoms with Crippen LogP contribution < -0.4 is 5.43 Å². The smallest absolute Gasteiger partial charge is 0.273 e. The third-order valence-corrected chi connectivity index (χ3v) is 7.21. The van der Waals surface area contributed by atoms with Crippen molar-refractivity contribution in [3.05, 3.63) is 101 Å². The topological polar surface area (TPSA) is 84.4 Å².